The normalized spacial score (nSPS) is 19.3. The predicted molar refractivity (Wildman–Crippen MR) is 142 cm³/mol. The van der Waals surface area contributed by atoms with E-state index in [0.717, 1.165) is 22.4 Å². The van der Waals surface area contributed by atoms with Gasteiger partial charge in [-0.2, -0.15) is 10.1 Å². The van der Waals surface area contributed by atoms with Gasteiger partial charge in [0.25, 0.3) is 5.91 Å². The van der Waals surface area contributed by atoms with E-state index in [0.29, 0.717) is 17.3 Å². The number of aliphatic imine (C=N–C) groups is 1. The molecule has 0 aromatic heterocycles. The van der Waals surface area contributed by atoms with Crippen molar-refractivity contribution in [1.82, 2.24) is 5.01 Å². The molecule has 1 N–H and O–H groups in total. The van der Waals surface area contributed by atoms with Crippen LogP contribution in [-0.2, 0) is 9.59 Å². The zero-order valence-electron chi connectivity index (χ0n) is 19.9. The van der Waals surface area contributed by atoms with Crippen LogP contribution in [0.5, 0.6) is 0 Å². The molecule has 0 spiro atoms. The average Bonchev–Trinajstić information content (AvgIpc) is 3.44. The zero-order chi connectivity index (χ0) is 25.2. The molecule has 6 nitrogen and oxygen atoms in total. The minimum atomic E-state index is -0.661. The van der Waals surface area contributed by atoms with Gasteiger partial charge in [0, 0.05) is 18.5 Å². The van der Waals surface area contributed by atoms with E-state index in [1.807, 2.05) is 18.9 Å². The number of amidine groups is 1. The summed E-state index contributed by atoms with van der Waals surface area (Å²) in [6.07, 6.45) is 0.606. The number of hydrazone groups is 1. The molecule has 2 aliphatic rings. The molecule has 0 saturated carbocycles. The van der Waals surface area contributed by atoms with E-state index in [9.17, 15) is 14.0 Å². The Kier molecular flexibility index (Phi) is 6.69. The largest absolute Gasteiger partial charge is 0.326 e. The lowest BCUT2D eigenvalue weighted by atomic mass is 9.97. The van der Waals surface area contributed by atoms with Crippen LogP contribution in [0, 0.1) is 19.7 Å². The van der Waals surface area contributed by atoms with Gasteiger partial charge < -0.3 is 5.32 Å². The first-order valence-electron chi connectivity index (χ1n) is 11.7. The Morgan fingerprint density at radius 1 is 1.06 bits per heavy atom. The van der Waals surface area contributed by atoms with Crippen LogP contribution in [0.1, 0.15) is 41.1 Å². The minimum absolute atomic E-state index is 0.0649. The first-order chi connectivity index (χ1) is 17.4. The summed E-state index contributed by atoms with van der Waals surface area (Å²) in [5.41, 5.74) is 5.71. The fraction of sp³-hybridized carbons (Fsp3) is 0.214. The average molecular weight is 501 g/mol. The molecule has 2 heterocycles. The highest BCUT2D eigenvalue weighted by atomic mass is 32.2. The lowest BCUT2D eigenvalue weighted by molar-refractivity contribution is -0.121. The number of hydrogen-bond acceptors (Lipinski definition) is 5. The van der Waals surface area contributed by atoms with Crippen molar-refractivity contribution >= 4 is 40.1 Å². The van der Waals surface area contributed by atoms with Gasteiger partial charge in [0.1, 0.15) is 11.1 Å². The van der Waals surface area contributed by atoms with Crippen LogP contribution in [0.2, 0.25) is 0 Å². The first-order valence-corrected chi connectivity index (χ1v) is 12.6. The van der Waals surface area contributed by atoms with E-state index >= 15 is 0 Å². The van der Waals surface area contributed by atoms with Crippen molar-refractivity contribution in [3.8, 4) is 0 Å². The molecule has 36 heavy (non-hydrogen) atoms. The van der Waals surface area contributed by atoms with Gasteiger partial charge in [-0.25, -0.2) is 9.40 Å². The Morgan fingerprint density at radius 2 is 1.75 bits per heavy atom. The van der Waals surface area contributed by atoms with Crippen LogP contribution in [0.25, 0.3) is 0 Å². The number of rotatable bonds is 5. The number of halogens is 1. The number of carbonyl (C=O) groups excluding carboxylic acids is 2. The van der Waals surface area contributed by atoms with E-state index in [4.69, 9.17) is 5.10 Å². The van der Waals surface area contributed by atoms with Gasteiger partial charge in [0.2, 0.25) is 5.91 Å². The highest BCUT2D eigenvalue weighted by Gasteiger charge is 2.39. The number of benzene rings is 3. The molecule has 2 amide bonds. The monoisotopic (exact) mass is 500 g/mol. The van der Waals surface area contributed by atoms with Gasteiger partial charge in [0.15, 0.2) is 5.17 Å². The third-order valence-corrected chi connectivity index (χ3v) is 7.30. The number of thioether (sulfide) groups is 1. The summed E-state index contributed by atoms with van der Waals surface area (Å²) in [5.74, 6) is -1.18. The van der Waals surface area contributed by atoms with Gasteiger partial charge in [-0.15, -0.1) is 0 Å². The SMILES string of the molecule is Cc1ccc(C2=NN(C3=NC(=O)[C@@H](CC(=O)Nc4cccc(F)c4)S3)[C@H](c3ccc(C)cc3)C2)cc1. The van der Waals surface area contributed by atoms with E-state index in [1.54, 1.807) is 6.07 Å². The summed E-state index contributed by atoms with van der Waals surface area (Å²) >= 11 is 1.24. The summed E-state index contributed by atoms with van der Waals surface area (Å²) in [5, 5.41) is 9.16. The maximum absolute atomic E-state index is 13.4. The second-order valence-corrected chi connectivity index (χ2v) is 10.2. The molecule has 3 aromatic carbocycles. The van der Waals surface area contributed by atoms with Crippen molar-refractivity contribution in [3.05, 3.63) is 101 Å². The van der Waals surface area contributed by atoms with Crippen LogP contribution in [0.3, 0.4) is 0 Å². The highest BCUT2D eigenvalue weighted by molar-refractivity contribution is 8.15. The van der Waals surface area contributed by atoms with Crippen LogP contribution in [0.4, 0.5) is 10.1 Å². The van der Waals surface area contributed by atoms with E-state index in [2.05, 4.69) is 58.8 Å². The van der Waals surface area contributed by atoms with Gasteiger partial charge in [-0.05, 0) is 43.2 Å². The van der Waals surface area contributed by atoms with Crippen LogP contribution in [0.15, 0.2) is 82.9 Å². The van der Waals surface area contributed by atoms with E-state index in [1.165, 1.54) is 35.5 Å². The quantitative estimate of drug-likeness (QED) is 0.493. The third-order valence-electron chi connectivity index (χ3n) is 6.16. The first kappa shape index (κ1) is 23.9. The van der Waals surface area contributed by atoms with Crippen molar-refractivity contribution < 1.29 is 14.0 Å². The van der Waals surface area contributed by atoms with Gasteiger partial charge >= 0.3 is 0 Å². The molecule has 182 valence electrons. The molecule has 0 aliphatic carbocycles. The second-order valence-electron chi connectivity index (χ2n) is 8.99. The Bertz CT molecular complexity index is 1370. The van der Waals surface area contributed by atoms with Gasteiger partial charge in [-0.1, -0.05) is 77.5 Å². The Labute approximate surface area is 213 Å². The lowest BCUT2D eigenvalue weighted by Gasteiger charge is -2.23. The maximum atomic E-state index is 13.4. The maximum Gasteiger partial charge on any atom is 0.262 e. The van der Waals surface area contributed by atoms with Crippen LogP contribution < -0.4 is 5.32 Å². The van der Waals surface area contributed by atoms with Crippen molar-refractivity contribution in [3.63, 3.8) is 0 Å². The molecule has 3 aromatic rings. The molecule has 2 atom stereocenters. The molecule has 0 fully saturated rings. The number of hydrogen-bond donors (Lipinski definition) is 1. The number of anilines is 1. The molecule has 0 bridgehead atoms. The summed E-state index contributed by atoms with van der Waals surface area (Å²) in [7, 11) is 0. The second kappa shape index (κ2) is 10.1. The molecule has 0 radical (unpaired) electrons. The molecule has 8 heteroatoms. The fourth-order valence-corrected chi connectivity index (χ4v) is 5.27. The molecule has 0 saturated heterocycles. The number of nitrogens with one attached hydrogen (secondary N) is 1. The zero-order valence-corrected chi connectivity index (χ0v) is 20.8. The summed E-state index contributed by atoms with van der Waals surface area (Å²) < 4.78 is 13.4. The molecular weight excluding hydrogens is 475 g/mol. The van der Waals surface area contributed by atoms with Gasteiger partial charge in [-0.3, -0.25) is 9.59 Å². The molecular formula is C28H25FN4O2S. The number of carbonyl (C=O) groups is 2. The number of nitrogens with zero attached hydrogens (tertiary/aromatic N) is 3. The topological polar surface area (TPSA) is 74.1 Å². The smallest absolute Gasteiger partial charge is 0.262 e. The van der Waals surface area contributed by atoms with E-state index < -0.39 is 11.1 Å². The molecule has 5 rings (SSSR count). The van der Waals surface area contributed by atoms with Gasteiger partial charge in [0.05, 0.1) is 11.8 Å². The Balaban J connectivity index is 1.35. The van der Waals surface area contributed by atoms with Crippen molar-refractivity contribution in [2.75, 3.05) is 5.32 Å². The van der Waals surface area contributed by atoms with E-state index in [-0.39, 0.29) is 24.3 Å². The minimum Gasteiger partial charge on any atom is -0.326 e. The van der Waals surface area contributed by atoms with Crippen LogP contribution in [-0.4, -0.2) is 33.0 Å². The number of aryl methyl sites for hydroxylation is 2. The Morgan fingerprint density at radius 3 is 2.44 bits per heavy atom. The van der Waals surface area contributed by atoms with Crippen LogP contribution >= 0.6 is 11.8 Å². The van der Waals surface area contributed by atoms with Crippen molar-refractivity contribution in [2.24, 2.45) is 10.1 Å². The summed E-state index contributed by atoms with van der Waals surface area (Å²) in [6, 6.07) is 22.0. The fourth-order valence-electron chi connectivity index (χ4n) is 4.21. The number of amides is 2. The molecule has 0 unspecified atom stereocenters. The van der Waals surface area contributed by atoms with Crippen molar-refractivity contribution in [2.45, 2.75) is 38.0 Å². The third kappa shape index (κ3) is 5.23. The predicted octanol–water partition coefficient (Wildman–Crippen LogP) is 5.62. The molecule has 2 aliphatic heterocycles. The lowest BCUT2D eigenvalue weighted by Crippen LogP contribution is -2.25. The Hall–Kier alpha value is -3.78. The highest BCUT2D eigenvalue weighted by Crippen LogP contribution is 2.38. The van der Waals surface area contributed by atoms with Crippen molar-refractivity contribution in [1.29, 1.82) is 0 Å². The summed E-state index contributed by atoms with van der Waals surface area (Å²) in [4.78, 5) is 29.6. The summed E-state index contributed by atoms with van der Waals surface area (Å²) in [6.45, 7) is 4.08. The standard InChI is InChI=1S/C28H25FN4O2S/c1-17-6-10-19(11-7-17)23-15-24(20-12-8-18(2)9-13-20)33(32-23)28-31-27(35)25(36-28)16-26(34)30-22-5-3-4-21(29)14-22/h3-14,24-25H,15-16H2,1-2H3,(H,30,34)/t24-,25+/m0/s1.